The molecule has 0 aliphatic rings. The second-order valence-electron chi connectivity index (χ2n) is 5.47. The lowest BCUT2D eigenvalue weighted by atomic mass is 10.1. The molecule has 0 saturated heterocycles. The summed E-state index contributed by atoms with van der Waals surface area (Å²) in [5, 5.41) is 13.7. The maximum Gasteiger partial charge on any atom is 0.230 e. The molecule has 0 spiro atoms. The van der Waals surface area contributed by atoms with Gasteiger partial charge in [-0.3, -0.25) is 4.79 Å². The fraction of sp³-hybridized carbons (Fsp3) is 0.105. The van der Waals surface area contributed by atoms with E-state index in [0.29, 0.717) is 17.2 Å². The average Bonchev–Trinajstić information content (AvgIpc) is 2.66. The molecule has 0 unspecified atom stereocenters. The minimum absolute atomic E-state index is 0.0692. The quantitative estimate of drug-likeness (QED) is 0.709. The highest BCUT2D eigenvalue weighted by atomic mass is 19.1. The van der Waals surface area contributed by atoms with E-state index in [9.17, 15) is 9.18 Å². The fourth-order valence-corrected chi connectivity index (χ4v) is 2.29. The number of amides is 1. The number of carbonyl (C=O) groups excluding carboxylic acids is 1. The maximum absolute atomic E-state index is 13.6. The van der Waals surface area contributed by atoms with Gasteiger partial charge in [0, 0.05) is 5.69 Å². The van der Waals surface area contributed by atoms with Crippen molar-refractivity contribution in [3.63, 3.8) is 0 Å². The highest BCUT2D eigenvalue weighted by molar-refractivity contribution is 5.91. The smallest absolute Gasteiger partial charge is 0.230 e. The van der Waals surface area contributed by atoms with E-state index in [0.717, 1.165) is 11.4 Å². The Bertz CT molecular complexity index is 883. The van der Waals surface area contributed by atoms with Gasteiger partial charge in [-0.15, -0.1) is 10.2 Å². The molecule has 0 fully saturated rings. The van der Waals surface area contributed by atoms with Crippen LogP contribution < -0.4 is 15.4 Å². The van der Waals surface area contributed by atoms with Gasteiger partial charge < -0.3 is 15.4 Å². The largest absolute Gasteiger partial charge is 0.497 e. The number of nitrogens with one attached hydrogen (secondary N) is 2. The summed E-state index contributed by atoms with van der Waals surface area (Å²) in [6, 6.07) is 16.8. The van der Waals surface area contributed by atoms with Crippen LogP contribution in [0.15, 0.2) is 60.7 Å². The molecule has 1 heterocycles. The molecule has 7 heteroatoms. The van der Waals surface area contributed by atoms with E-state index >= 15 is 0 Å². The summed E-state index contributed by atoms with van der Waals surface area (Å²) in [7, 11) is 1.60. The summed E-state index contributed by atoms with van der Waals surface area (Å²) in [6.07, 6.45) is -0.0692. The molecule has 6 nitrogen and oxygen atoms in total. The van der Waals surface area contributed by atoms with E-state index in [1.165, 1.54) is 6.07 Å². The van der Waals surface area contributed by atoms with Crippen molar-refractivity contribution in [2.45, 2.75) is 6.42 Å². The van der Waals surface area contributed by atoms with Gasteiger partial charge in [0.2, 0.25) is 5.91 Å². The molecule has 3 aromatic rings. The number of rotatable bonds is 6. The van der Waals surface area contributed by atoms with Crippen LogP contribution in [0.3, 0.4) is 0 Å². The number of halogens is 1. The Morgan fingerprint density at radius 1 is 1.00 bits per heavy atom. The molecule has 0 aliphatic heterocycles. The molecule has 2 aromatic carbocycles. The van der Waals surface area contributed by atoms with Crippen molar-refractivity contribution in [2.24, 2.45) is 0 Å². The molecule has 0 bridgehead atoms. The predicted octanol–water partition coefficient (Wildman–Crippen LogP) is 3.55. The van der Waals surface area contributed by atoms with Gasteiger partial charge in [-0.25, -0.2) is 4.39 Å². The average molecular weight is 352 g/mol. The second kappa shape index (κ2) is 8.06. The van der Waals surface area contributed by atoms with Crippen molar-refractivity contribution in [3.05, 3.63) is 72.0 Å². The summed E-state index contributed by atoms with van der Waals surface area (Å²) in [5.74, 6) is 0.816. The summed E-state index contributed by atoms with van der Waals surface area (Å²) in [4.78, 5) is 12.0. The third-order valence-corrected chi connectivity index (χ3v) is 3.60. The van der Waals surface area contributed by atoms with Crippen LogP contribution in [-0.2, 0) is 11.2 Å². The summed E-state index contributed by atoms with van der Waals surface area (Å²) in [5.41, 5.74) is 1.16. The van der Waals surface area contributed by atoms with E-state index in [1.54, 1.807) is 37.4 Å². The van der Waals surface area contributed by atoms with E-state index in [1.807, 2.05) is 24.3 Å². The van der Waals surface area contributed by atoms with Crippen LogP contribution >= 0.6 is 0 Å². The standard InChI is InChI=1S/C19H17FN4O2/c1-26-15-8-6-14(7-9-15)21-17-10-11-18(24-23-17)22-19(25)12-13-4-2-3-5-16(13)20/h2-11H,12H2,1H3,(H,21,23)(H,22,24,25). The van der Waals surface area contributed by atoms with Crippen LogP contribution in [0.5, 0.6) is 5.75 Å². The van der Waals surface area contributed by atoms with Crippen LogP contribution in [-0.4, -0.2) is 23.2 Å². The van der Waals surface area contributed by atoms with E-state index in [2.05, 4.69) is 20.8 Å². The number of aromatic nitrogens is 2. The lowest BCUT2D eigenvalue weighted by Gasteiger charge is -2.08. The van der Waals surface area contributed by atoms with Crippen LogP contribution in [0.2, 0.25) is 0 Å². The van der Waals surface area contributed by atoms with Gasteiger partial charge in [-0.05, 0) is 48.0 Å². The monoisotopic (exact) mass is 352 g/mol. The molecule has 3 rings (SSSR count). The molecule has 1 amide bonds. The third-order valence-electron chi connectivity index (χ3n) is 3.60. The highest BCUT2D eigenvalue weighted by Crippen LogP contribution is 2.18. The van der Waals surface area contributed by atoms with Crippen LogP contribution in [0.25, 0.3) is 0 Å². The molecular formula is C19H17FN4O2. The van der Waals surface area contributed by atoms with Crippen molar-refractivity contribution in [1.29, 1.82) is 0 Å². The minimum atomic E-state index is -0.409. The highest BCUT2D eigenvalue weighted by Gasteiger charge is 2.09. The molecular weight excluding hydrogens is 335 g/mol. The molecule has 0 atom stereocenters. The zero-order valence-corrected chi connectivity index (χ0v) is 14.1. The first kappa shape index (κ1) is 17.3. The molecule has 0 saturated carbocycles. The van der Waals surface area contributed by atoms with E-state index < -0.39 is 5.82 Å². The first-order valence-corrected chi connectivity index (χ1v) is 7.92. The van der Waals surface area contributed by atoms with Crippen molar-refractivity contribution in [1.82, 2.24) is 10.2 Å². The molecule has 0 aliphatic carbocycles. The number of anilines is 3. The predicted molar refractivity (Wildman–Crippen MR) is 97.0 cm³/mol. The zero-order valence-electron chi connectivity index (χ0n) is 14.1. The third kappa shape index (κ3) is 4.54. The molecule has 1 aromatic heterocycles. The summed E-state index contributed by atoms with van der Waals surface area (Å²) < 4.78 is 18.7. The summed E-state index contributed by atoms with van der Waals surface area (Å²) >= 11 is 0. The van der Waals surface area contributed by atoms with Crippen LogP contribution in [0.4, 0.5) is 21.7 Å². The first-order chi connectivity index (χ1) is 12.6. The SMILES string of the molecule is COc1ccc(Nc2ccc(NC(=O)Cc3ccccc3F)nn2)cc1. The first-order valence-electron chi connectivity index (χ1n) is 7.92. The van der Waals surface area contributed by atoms with Gasteiger partial charge in [0.1, 0.15) is 11.6 Å². The minimum Gasteiger partial charge on any atom is -0.497 e. The Morgan fingerprint density at radius 3 is 2.35 bits per heavy atom. The number of ether oxygens (including phenoxy) is 1. The lowest BCUT2D eigenvalue weighted by Crippen LogP contribution is -2.16. The van der Waals surface area contributed by atoms with Gasteiger partial charge in [0.15, 0.2) is 11.6 Å². The molecule has 26 heavy (non-hydrogen) atoms. The van der Waals surface area contributed by atoms with Gasteiger partial charge in [-0.1, -0.05) is 18.2 Å². The Hall–Kier alpha value is -3.48. The number of methoxy groups -OCH3 is 1. The lowest BCUT2D eigenvalue weighted by molar-refractivity contribution is -0.115. The Kier molecular flexibility index (Phi) is 5.38. The Labute approximate surface area is 150 Å². The van der Waals surface area contributed by atoms with Gasteiger partial charge >= 0.3 is 0 Å². The van der Waals surface area contributed by atoms with Crippen molar-refractivity contribution in [2.75, 3.05) is 17.7 Å². The van der Waals surface area contributed by atoms with Gasteiger partial charge in [0.25, 0.3) is 0 Å². The molecule has 2 N–H and O–H groups in total. The maximum atomic E-state index is 13.6. The van der Waals surface area contributed by atoms with Crippen LogP contribution in [0.1, 0.15) is 5.56 Å². The normalized spacial score (nSPS) is 10.2. The molecule has 0 radical (unpaired) electrons. The van der Waals surface area contributed by atoms with E-state index in [-0.39, 0.29) is 12.3 Å². The van der Waals surface area contributed by atoms with Crippen LogP contribution in [0, 0.1) is 5.82 Å². The number of hydrogen-bond acceptors (Lipinski definition) is 5. The van der Waals surface area contributed by atoms with Crippen molar-refractivity contribution >= 4 is 23.2 Å². The second-order valence-corrected chi connectivity index (χ2v) is 5.47. The zero-order chi connectivity index (χ0) is 18.4. The van der Waals surface area contributed by atoms with Gasteiger partial charge in [0.05, 0.1) is 13.5 Å². The van der Waals surface area contributed by atoms with Crippen molar-refractivity contribution in [3.8, 4) is 5.75 Å². The fourth-order valence-electron chi connectivity index (χ4n) is 2.29. The number of hydrogen-bond donors (Lipinski definition) is 2. The van der Waals surface area contributed by atoms with Gasteiger partial charge in [-0.2, -0.15) is 0 Å². The summed E-state index contributed by atoms with van der Waals surface area (Å²) in [6.45, 7) is 0. The number of benzene rings is 2. The number of carbonyl (C=O) groups is 1. The number of nitrogens with zero attached hydrogens (tertiary/aromatic N) is 2. The molecule has 132 valence electrons. The van der Waals surface area contributed by atoms with E-state index in [4.69, 9.17) is 4.74 Å². The Balaban J connectivity index is 1.58. The van der Waals surface area contributed by atoms with Crippen molar-refractivity contribution < 1.29 is 13.9 Å². The topological polar surface area (TPSA) is 76.1 Å². The Morgan fingerprint density at radius 2 is 1.69 bits per heavy atom.